The highest BCUT2D eigenvalue weighted by Crippen LogP contribution is 2.38. The van der Waals surface area contributed by atoms with E-state index in [0.29, 0.717) is 23.5 Å². The summed E-state index contributed by atoms with van der Waals surface area (Å²) in [6, 6.07) is 3.41. The maximum atomic E-state index is 13.1. The molecule has 3 rings (SSSR count). The Bertz CT molecular complexity index is 459. The molecule has 0 bridgehead atoms. The van der Waals surface area contributed by atoms with Crippen LogP contribution in [-0.2, 0) is 6.42 Å². The SMILES string of the molecule is FC(F)c1cc2c(cc1CC1CCCCN1)OCO2. The first-order valence-electron chi connectivity index (χ1n) is 6.68. The number of nitrogens with one attached hydrogen (secondary N) is 1. The molecule has 0 aliphatic carbocycles. The maximum Gasteiger partial charge on any atom is 0.264 e. The molecule has 1 aromatic carbocycles. The minimum absolute atomic E-state index is 0.0663. The van der Waals surface area contributed by atoms with Gasteiger partial charge < -0.3 is 14.8 Å². The van der Waals surface area contributed by atoms with Crippen LogP contribution in [0.5, 0.6) is 11.5 Å². The van der Waals surface area contributed by atoms with Gasteiger partial charge in [0.15, 0.2) is 11.5 Å². The fourth-order valence-electron chi connectivity index (χ4n) is 2.74. The second-order valence-corrected chi connectivity index (χ2v) is 5.06. The summed E-state index contributed by atoms with van der Waals surface area (Å²) in [4.78, 5) is 0. The number of fused-ring (bicyclic) bond motifs is 1. The molecule has 1 unspecified atom stereocenters. The van der Waals surface area contributed by atoms with Crippen LogP contribution in [0.1, 0.15) is 36.8 Å². The van der Waals surface area contributed by atoms with E-state index < -0.39 is 6.43 Å². The molecule has 104 valence electrons. The molecule has 0 spiro atoms. The number of halogens is 2. The van der Waals surface area contributed by atoms with Crippen molar-refractivity contribution in [1.82, 2.24) is 5.32 Å². The molecule has 1 aromatic rings. The van der Waals surface area contributed by atoms with Gasteiger partial charge in [-0.3, -0.25) is 0 Å². The number of rotatable bonds is 3. The van der Waals surface area contributed by atoms with Crippen LogP contribution >= 0.6 is 0 Å². The van der Waals surface area contributed by atoms with Crippen molar-refractivity contribution in [3.05, 3.63) is 23.3 Å². The second-order valence-electron chi connectivity index (χ2n) is 5.06. The highest BCUT2D eigenvalue weighted by Gasteiger charge is 2.23. The predicted molar refractivity (Wildman–Crippen MR) is 66.9 cm³/mol. The van der Waals surface area contributed by atoms with E-state index in [2.05, 4.69) is 5.32 Å². The van der Waals surface area contributed by atoms with E-state index in [4.69, 9.17) is 9.47 Å². The van der Waals surface area contributed by atoms with Gasteiger partial charge in [-0.05, 0) is 43.5 Å². The zero-order valence-corrected chi connectivity index (χ0v) is 10.6. The molecule has 1 fully saturated rings. The van der Waals surface area contributed by atoms with E-state index >= 15 is 0 Å². The van der Waals surface area contributed by atoms with Gasteiger partial charge in [-0.2, -0.15) is 0 Å². The fraction of sp³-hybridized carbons (Fsp3) is 0.571. The van der Waals surface area contributed by atoms with Crippen molar-refractivity contribution in [3.8, 4) is 11.5 Å². The summed E-state index contributed by atoms with van der Waals surface area (Å²) in [7, 11) is 0. The van der Waals surface area contributed by atoms with Crippen LogP contribution in [0.3, 0.4) is 0 Å². The lowest BCUT2D eigenvalue weighted by Crippen LogP contribution is -2.35. The van der Waals surface area contributed by atoms with E-state index in [1.165, 1.54) is 12.5 Å². The molecule has 3 nitrogen and oxygen atoms in total. The van der Waals surface area contributed by atoms with Gasteiger partial charge in [-0.15, -0.1) is 0 Å². The van der Waals surface area contributed by atoms with Gasteiger partial charge >= 0.3 is 0 Å². The summed E-state index contributed by atoms with van der Waals surface area (Å²) in [6.07, 6.45) is 1.51. The van der Waals surface area contributed by atoms with Crippen LogP contribution in [0.25, 0.3) is 0 Å². The van der Waals surface area contributed by atoms with Crippen LogP contribution in [0.4, 0.5) is 8.78 Å². The summed E-state index contributed by atoms with van der Waals surface area (Å²) in [5.41, 5.74) is 0.732. The van der Waals surface area contributed by atoms with E-state index in [-0.39, 0.29) is 18.4 Å². The van der Waals surface area contributed by atoms with Crippen molar-refractivity contribution in [2.75, 3.05) is 13.3 Å². The molecule has 0 aromatic heterocycles. The number of hydrogen-bond acceptors (Lipinski definition) is 3. The molecule has 1 atom stereocenters. The molecule has 2 aliphatic heterocycles. The first-order valence-corrected chi connectivity index (χ1v) is 6.68. The number of ether oxygens (including phenoxy) is 2. The maximum absolute atomic E-state index is 13.1. The van der Waals surface area contributed by atoms with Gasteiger partial charge in [0.25, 0.3) is 6.43 Å². The number of alkyl halides is 2. The highest BCUT2D eigenvalue weighted by molar-refractivity contribution is 5.49. The largest absolute Gasteiger partial charge is 0.454 e. The fourth-order valence-corrected chi connectivity index (χ4v) is 2.74. The molecular formula is C14H17F2NO2. The minimum Gasteiger partial charge on any atom is -0.454 e. The monoisotopic (exact) mass is 269 g/mol. The number of hydrogen-bond donors (Lipinski definition) is 1. The predicted octanol–water partition coefficient (Wildman–Crippen LogP) is 3.04. The van der Waals surface area contributed by atoms with Crippen LogP contribution in [-0.4, -0.2) is 19.4 Å². The summed E-state index contributed by atoms with van der Waals surface area (Å²) < 4.78 is 36.7. The molecule has 1 saturated heterocycles. The number of benzene rings is 1. The van der Waals surface area contributed by atoms with Crippen LogP contribution < -0.4 is 14.8 Å². The van der Waals surface area contributed by atoms with Crippen LogP contribution in [0.2, 0.25) is 0 Å². The van der Waals surface area contributed by atoms with E-state index in [1.807, 2.05) is 0 Å². The van der Waals surface area contributed by atoms with Crippen molar-refractivity contribution in [2.45, 2.75) is 38.2 Å². The Hall–Kier alpha value is -1.36. The van der Waals surface area contributed by atoms with E-state index in [0.717, 1.165) is 19.4 Å². The normalized spacial score (nSPS) is 21.9. The summed E-state index contributed by atoms with van der Waals surface area (Å²) in [5, 5.41) is 3.38. The molecule has 0 radical (unpaired) electrons. The minimum atomic E-state index is -2.48. The Balaban J connectivity index is 1.85. The lowest BCUT2D eigenvalue weighted by molar-refractivity contribution is 0.149. The standard InChI is InChI=1S/C14H17F2NO2/c15-14(16)11-7-13-12(18-8-19-13)6-9(11)5-10-3-1-2-4-17-10/h6-7,10,14,17H,1-5,8H2. The molecule has 2 aliphatic rings. The third kappa shape index (κ3) is 2.66. The molecule has 5 heteroatoms. The molecule has 1 N–H and O–H groups in total. The zero-order valence-electron chi connectivity index (χ0n) is 10.6. The molecule has 0 saturated carbocycles. The van der Waals surface area contributed by atoms with E-state index in [1.54, 1.807) is 6.07 Å². The molecule has 19 heavy (non-hydrogen) atoms. The summed E-state index contributed by atoms with van der Waals surface area (Å²) >= 11 is 0. The van der Waals surface area contributed by atoms with Gasteiger partial charge in [0.2, 0.25) is 6.79 Å². The zero-order chi connectivity index (χ0) is 13.2. The van der Waals surface area contributed by atoms with E-state index in [9.17, 15) is 8.78 Å². The van der Waals surface area contributed by atoms with Crippen molar-refractivity contribution >= 4 is 0 Å². The molecular weight excluding hydrogens is 252 g/mol. The Morgan fingerprint density at radius 2 is 2.00 bits per heavy atom. The molecule has 2 heterocycles. The molecule has 0 amide bonds. The third-order valence-electron chi connectivity index (χ3n) is 3.75. The Morgan fingerprint density at radius 3 is 2.68 bits per heavy atom. The number of piperidine rings is 1. The van der Waals surface area contributed by atoms with Crippen molar-refractivity contribution in [2.24, 2.45) is 0 Å². The average molecular weight is 269 g/mol. The van der Waals surface area contributed by atoms with Crippen LogP contribution in [0, 0.1) is 0 Å². The average Bonchev–Trinajstić information content (AvgIpc) is 2.86. The lowest BCUT2D eigenvalue weighted by Gasteiger charge is -2.24. The Labute approximate surface area is 110 Å². The van der Waals surface area contributed by atoms with Crippen molar-refractivity contribution < 1.29 is 18.3 Å². The van der Waals surface area contributed by atoms with Crippen molar-refractivity contribution in [3.63, 3.8) is 0 Å². The summed E-state index contributed by atoms with van der Waals surface area (Å²) in [5.74, 6) is 1.01. The lowest BCUT2D eigenvalue weighted by atomic mass is 9.94. The summed E-state index contributed by atoms with van der Waals surface area (Å²) in [6.45, 7) is 1.09. The van der Waals surface area contributed by atoms with Gasteiger partial charge in [0.05, 0.1) is 0 Å². The van der Waals surface area contributed by atoms with Crippen molar-refractivity contribution in [1.29, 1.82) is 0 Å². The quantitative estimate of drug-likeness (QED) is 0.915. The first kappa shape index (κ1) is 12.7. The Kier molecular flexibility index (Phi) is 3.55. The highest BCUT2D eigenvalue weighted by atomic mass is 19.3. The Morgan fingerprint density at radius 1 is 1.21 bits per heavy atom. The van der Waals surface area contributed by atoms with Gasteiger partial charge in [-0.1, -0.05) is 6.42 Å². The van der Waals surface area contributed by atoms with Crippen LogP contribution in [0.15, 0.2) is 12.1 Å². The topological polar surface area (TPSA) is 30.5 Å². The van der Waals surface area contributed by atoms with Gasteiger partial charge in [-0.25, -0.2) is 8.78 Å². The smallest absolute Gasteiger partial charge is 0.264 e. The van der Waals surface area contributed by atoms with Gasteiger partial charge in [0.1, 0.15) is 0 Å². The first-order chi connectivity index (χ1) is 9.24. The second kappa shape index (κ2) is 5.33. The van der Waals surface area contributed by atoms with Gasteiger partial charge in [0, 0.05) is 11.6 Å². The third-order valence-corrected chi connectivity index (χ3v) is 3.75.